The van der Waals surface area contributed by atoms with Gasteiger partial charge in [0.05, 0.1) is 19.3 Å². The van der Waals surface area contributed by atoms with Crippen molar-refractivity contribution in [1.82, 2.24) is 4.98 Å². The zero-order valence-corrected chi connectivity index (χ0v) is 11.0. The number of aliphatic hydroxyl groups excluding tert-OH is 1. The number of nitrogens with zero attached hydrogens (tertiary/aromatic N) is 2. The number of aryl methyl sites for hydroxylation is 1. The molecule has 2 rings (SSSR count). The number of nitrogens with one attached hydrogen (secondary N) is 1. The van der Waals surface area contributed by atoms with Crippen LogP contribution in [0.25, 0.3) is 0 Å². The SMILES string of the molecule is Cc1cc(NC[C@H](C)O)nc(N2CCOCC2)c1. The van der Waals surface area contributed by atoms with Gasteiger partial charge in [0.15, 0.2) is 0 Å². The zero-order valence-electron chi connectivity index (χ0n) is 11.0. The average molecular weight is 251 g/mol. The summed E-state index contributed by atoms with van der Waals surface area (Å²) in [6, 6.07) is 4.07. The van der Waals surface area contributed by atoms with E-state index in [1.807, 2.05) is 6.07 Å². The van der Waals surface area contributed by atoms with E-state index < -0.39 is 0 Å². The third-order valence-corrected chi connectivity index (χ3v) is 2.87. The first-order valence-corrected chi connectivity index (χ1v) is 6.38. The van der Waals surface area contributed by atoms with Crippen molar-refractivity contribution in [2.24, 2.45) is 0 Å². The third-order valence-electron chi connectivity index (χ3n) is 2.87. The average Bonchev–Trinajstić information content (AvgIpc) is 2.37. The van der Waals surface area contributed by atoms with Crippen molar-refractivity contribution in [1.29, 1.82) is 0 Å². The van der Waals surface area contributed by atoms with Gasteiger partial charge in [-0.1, -0.05) is 0 Å². The van der Waals surface area contributed by atoms with Crippen LogP contribution >= 0.6 is 0 Å². The monoisotopic (exact) mass is 251 g/mol. The summed E-state index contributed by atoms with van der Waals surface area (Å²) in [6.07, 6.45) is -0.376. The van der Waals surface area contributed by atoms with Crippen LogP contribution < -0.4 is 10.2 Å². The van der Waals surface area contributed by atoms with Gasteiger partial charge in [-0.3, -0.25) is 0 Å². The number of anilines is 2. The van der Waals surface area contributed by atoms with Crippen molar-refractivity contribution in [3.05, 3.63) is 17.7 Å². The summed E-state index contributed by atoms with van der Waals surface area (Å²) in [4.78, 5) is 6.80. The molecule has 0 bridgehead atoms. The van der Waals surface area contributed by atoms with Crippen molar-refractivity contribution in [2.45, 2.75) is 20.0 Å². The second-order valence-corrected chi connectivity index (χ2v) is 4.72. The molecule has 1 fully saturated rings. The van der Waals surface area contributed by atoms with E-state index >= 15 is 0 Å². The first-order chi connectivity index (χ1) is 8.65. The van der Waals surface area contributed by atoms with Gasteiger partial charge in [0.1, 0.15) is 11.6 Å². The van der Waals surface area contributed by atoms with E-state index in [1.54, 1.807) is 6.92 Å². The van der Waals surface area contributed by atoms with Crippen LogP contribution in [0.2, 0.25) is 0 Å². The van der Waals surface area contributed by atoms with Gasteiger partial charge >= 0.3 is 0 Å². The molecule has 1 aromatic heterocycles. The van der Waals surface area contributed by atoms with Crippen molar-refractivity contribution in [3.8, 4) is 0 Å². The summed E-state index contributed by atoms with van der Waals surface area (Å²) in [5, 5.41) is 12.4. The molecule has 18 heavy (non-hydrogen) atoms. The Morgan fingerprint density at radius 1 is 1.44 bits per heavy atom. The number of hydrogen-bond acceptors (Lipinski definition) is 5. The summed E-state index contributed by atoms with van der Waals surface area (Å²) >= 11 is 0. The van der Waals surface area contributed by atoms with Crippen molar-refractivity contribution in [2.75, 3.05) is 43.1 Å². The van der Waals surface area contributed by atoms with Gasteiger partial charge in [0.2, 0.25) is 0 Å². The highest BCUT2D eigenvalue weighted by Crippen LogP contribution is 2.18. The lowest BCUT2D eigenvalue weighted by Crippen LogP contribution is -2.36. The molecule has 1 saturated heterocycles. The summed E-state index contributed by atoms with van der Waals surface area (Å²) in [6.45, 7) is 7.60. The Morgan fingerprint density at radius 2 is 2.17 bits per heavy atom. The molecule has 0 aliphatic carbocycles. The first-order valence-electron chi connectivity index (χ1n) is 6.38. The molecule has 1 aromatic rings. The van der Waals surface area contributed by atoms with E-state index in [1.165, 1.54) is 5.56 Å². The fourth-order valence-electron chi connectivity index (χ4n) is 1.95. The molecule has 2 heterocycles. The second kappa shape index (κ2) is 6.02. The molecule has 0 aromatic carbocycles. The molecule has 100 valence electrons. The van der Waals surface area contributed by atoms with E-state index in [0.717, 1.165) is 37.9 Å². The zero-order chi connectivity index (χ0) is 13.0. The summed E-state index contributed by atoms with van der Waals surface area (Å²) in [5.74, 6) is 1.80. The minimum Gasteiger partial charge on any atom is -0.392 e. The minimum atomic E-state index is -0.376. The number of aromatic nitrogens is 1. The number of rotatable bonds is 4. The van der Waals surface area contributed by atoms with Crippen LogP contribution in [0, 0.1) is 6.92 Å². The van der Waals surface area contributed by atoms with Crippen LogP contribution in [0.1, 0.15) is 12.5 Å². The molecule has 1 atom stereocenters. The normalized spacial score (nSPS) is 17.6. The predicted molar refractivity (Wildman–Crippen MR) is 72.2 cm³/mol. The highest BCUT2D eigenvalue weighted by molar-refractivity contribution is 5.50. The standard InChI is InChI=1S/C13H21N3O2/c1-10-7-12(14-9-11(2)17)15-13(8-10)16-3-5-18-6-4-16/h7-8,11,17H,3-6,9H2,1-2H3,(H,14,15)/t11-/m0/s1. The van der Waals surface area contributed by atoms with E-state index in [2.05, 4.69) is 28.2 Å². The molecule has 5 nitrogen and oxygen atoms in total. The first kappa shape index (κ1) is 13.1. The Bertz CT molecular complexity index is 390. The predicted octanol–water partition coefficient (Wildman–Crippen LogP) is 1.02. The van der Waals surface area contributed by atoms with Gasteiger partial charge in [-0.05, 0) is 31.5 Å². The van der Waals surface area contributed by atoms with E-state index in [-0.39, 0.29) is 6.10 Å². The molecule has 0 unspecified atom stereocenters. The molecule has 0 radical (unpaired) electrons. The van der Waals surface area contributed by atoms with E-state index in [4.69, 9.17) is 4.74 Å². The Kier molecular flexibility index (Phi) is 4.38. The fourth-order valence-corrected chi connectivity index (χ4v) is 1.95. The van der Waals surface area contributed by atoms with Gasteiger partial charge in [0.25, 0.3) is 0 Å². The van der Waals surface area contributed by atoms with Gasteiger partial charge in [0, 0.05) is 19.6 Å². The summed E-state index contributed by atoms with van der Waals surface area (Å²) < 4.78 is 5.34. The third kappa shape index (κ3) is 3.58. The number of pyridine rings is 1. The van der Waals surface area contributed by atoms with Crippen LogP contribution in [-0.2, 0) is 4.74 Å². The lowest BCUT2D eigenvalue weighted by Gasteiger charge is -2.28. The maximum absolute atomic E-state index is 9.28. The minimum absolute atomic E-state index is 0.376. The van der Waals surface area contributed by atoms with Crippen molar-refractivity contribution < 1.29 is 9.84 Å². The Morgan fingerprint density at radius 3 is 2.83 bits per heavy atom. The van der Waals surface area contributed by atoms with Crippen LogP contribution in [0.3, 0.4) is 0 Å². The molecule has 2 N–H and O–H groups in total. The van der Waals surface area contributed by atoms with Crippen molar-refractivity contribution >= 4 is 11.6 Å². The quantitative estimate of drug-likeness (QED) is 0.836. The number of aliphatic hydroxyl groups is 1. The van der Waals surface area contributed by atoms with Crippen LogP contribution in [0.15, 0.2) is 12.1 Å². The van der Waals surface area contributed by atoms with Gasteiger partial charge < -0.3 is 20.1 Å². The second-order valence-electron chi connectivity index (χ2n) is 4.72. The van der Waals surface area contributed by atoms with Crippen LogP contribution in [0.5, 0.6) is 0 Å². The Balaban J connectivity index is 2.09. The molecular weight excluding hydrogens is 230 g/mol. The molecule has 5 heteroatoms. The van der Waals surface area contributed by atoms with E-state index in [0.29, 0.717) is 6.54 Å². The number of ether oxygens (including phenoxy) is 1. The number of morpholine rings is 1. The molecule has 0 saturated carbocycles. The maximum atomic E-state index is 9.28. The molecule has 1 aliphatic rings. The van der Waals surface area contributed by atoms with Crippen LogP contribution in [0.4, 0.5) is 11.6 Å². The largest absolute Gasteiger partial charge is 0.392 e. The molecule has 0 spiro atoms. The highest BCUT2D eigenvalue weighted by atomic mass is 16.5. The lowest BCUT2D eigenvalue weighted by atomic mass is 10.2. The summed E-state index contributed by atoms with van der Waals surface area (Å²) in [7, 11) is 0. The van der Waals surface area contributed by atoms with Crippen molar-refractivity contribution in [3.63, 3.8) is 0 Å². The smallest absolute Gasteiger partial charge is 0.131 e. The molecular formula is C13H21N3O2. The Labute approximate surface area is 108 Å². The van der Waals surface area contributed by atoms with Crippen LogP contribution in [-0.4, -0.2) is 49.0 Å². The van der Waals surface area contributed by atoms with Gasteiger partial charge in [-0.15, -0.1) is 0 Å². The fraction of sp³-hybridized carbons (Fsp3) is 0.615. The van der Waals surface area contributed by atoms with E-state index in [9.17, 15) is 5.11 Å². The Hall–Kier alpha value is -1.33. The summed E-state index contributed by atoms with van der Waals surface area (Å²) in [5.41, 5.74) is 1.17. The molecule has 0 amide bonds. The van der Waals surface area contributed by atoms with Gasteiger partial charge in [-0.25, -0.2) is 4.98 Å². The molecule has 1 aliphatic heterocycles. The number of hydrogen-bond donors (Lipinski definition) is 2. The highest BCUT2D eigenvalue weighted by Gasteiger charge is 2.13. The lowest BCUT2D eigenvalue weighted by molar-refractivity contribution is 0.122. The maximum Gasteiger partial charge on any atom is 0.131 e. The topological polar surface area (TPSA) is 57.6 Å². The van der Waals surface area contributed by atoms with Gasteiger partial charge in [-0.2, -0.15) is 0 Å².